The van der Waals surface area contributed by atoms with Crippen LogP contribution in [0.25, 0.3) is 10.9 Å². The Hall–Kier alpha value is -3.84. The number of amides is 1. The van der Waals surface area contributed by atoms with E-state index >= 15 is 0 Å². The van der Waals surface area contributed by atoms with Crippen LogP contribution in [0.3, 0.4) is 0 Å². The van der Waals surface area contributed by atoms with Gasteiger partial charge in [0, 0.05) is 72.7 Å². The van der Waals surface area contributed by atoms with E-state index in [-0.39, 0.29) is 18.6 Å². The molecule has 5 rings (SSSR count). The zero-order valence-electron chi connectivity index (χ0n) is 19.7. The number of anilines is 3. The predicted octanol–water partition coefficient (Wildman–Crippen LogP) is 4.56. The first-order chi connectivity index (χ1) is 17.2. The molecular weight excluding hydrogens is 438 g/mol. The summed E-state index contributed by atoms with van der Waals surface area (Å²) in [6.07, 6.45) is 7.78. The first kappa shape index (κ1) is 22.9. The molecule has 0 saturated carbocycles. The molecule has 180 valence electrons. The first-order valence-electron chi connectivity index (χ1n) is 12.2. The summed E-state index contributed by atoms with van der Waals surface area (Å²) in [5.74, 6) is 0.394. The number of carbonyl (C=O) groups excluding carboxylic acids is 1. The number of pyridine rings is 1. The van der Waals surface area contributed by atoms with E-state index in [1.165, 1.54) is 0 Å². The highest BCUT2D eigenvalue weighted by Gasteiger charge is 2.29. The van der Waals surface area contributed by atoms with Crippen LogP contribution in [-0.2, 0) is 11.2 Å². The number of aliphatic hydroxyl groups excluding tert-OH is 1. The van der Waals surface area contributed by atoms with Crippen molar-refractivity contribution in [3.8, 4) is 0 Å². The molecule has 1 saturated heterocycles. The highest BCUT2D eigenvalue weighted by Crippen LogP contribution is 2.24. The zero-order chi connectivity index (χ0) is 24.0. The molecule has 3 heterocycles. The number of para-hydroxylation sites is 1. The molecule has 35 heavy (non-hydrogen) atoms. The van der Waals surface area contributed by atoms with E-state index in [2.05, 4.69) is 32.7 Å². The van der Waals surface area contributed by atoms with Gasteiger partial charge in [0.05, 0.1) is 0 Å². The number of piperidine rings is 1. The molecule has 1 fully saturated rings. The number of aromatic amines is 1. The van der Waals surface area contributed by atoms with E-state index in [1.807, 2.05) is 59.6 Å². The van der Waals surface area contributed by atoms with Crippen molar-refractivity contribution >= 4 is 33.9 Å². The van der Waals surface area contributed by atoms with Gasteiger partial charge in [-0.05, 0) is 66.8 Å². The monoisotopic (exact) mass is 469 g/mol. The lowest BCUT2D eigenvalue weighted by atomic mass is 9.96. The fourth-order valence-electron chi connectivity index (χ4n) is 4.73. The van der Waals surface area contributed by atoms with E-state index in [1.54, 1.807) is 12.4 Å². The van der Waals surface area contributed by atoms with Gasteiger partial charge in [-0.25, -0.2) is 0 Å². The van der Waals surface area contributed by atoms with Crippen molar-refractivity contribution in [3.63, 3.8) is 0 Å². The normalized spacial score (nSPS) is 15.2. The lowest BCUT2D eigenvalue weighted by molar-refractivity contribution is -0.133. The molecule has 1 aliphatic heterocycles. The molecule has 7 heteroatoms. The van der Waals surface area contributed by atoms with Crippen molar-refractivity contribution in [1.82, 2.24) is 14.9 Å². The Morgan fingerprint density at radius 1 is 1.00 bits per heavy atom. The number of hydrogen-bond acceptors (Lipinski definition) is 5. The average molecular weight is 470 g/mol. The Balaban J connectivity index is 1.34. The van der Waals surface area contributed by atoms with Crippen molar-refractivity contribution < 1.29 is 9.90 Å². The third-order valence-electron chi connectivity index (χ3n) is 6.78. The molecular formula is C28H31N5O2. The van der Waals surface area contributed by atoms with E-state index in [0.717, 1.165) is 46.4 Å². The summed E-state index contributed by atoms with van der Waals surface area (Å²) in [6, 6.07) is 19.6. The van der Waals surface area contributed by atoms with Gasteiger partial charge in [0.25, 0.3) is 0 Å². The third kappa shape index (κ3) is 5.46. The Labute approximate surface area is 205 Å². The number of benzene rings is 2. The summed E-state index contributed by atoms with van der Waals surface area (Å²) in [5.41, 5.74) is 5.03. The fraction of sp³-hybridized carbons (Fsp3) is 0.286. The molecule has 0 aliphatic carbocycles. The van der Waals surface area contributed by atoms with Gasteiger partial charge in [-0.2, -0.15) is 0 Å². The molecule has 0 bridgehead atoms. The summed E-state index contributed by atoms with van der Waals surface area (Å²) < 4.78 is 0. The maximum Gasteiger partial charge on any atom is 0.245 e. The molecule has 1 unspecified atom stereocenters. The van der Waals surface area contributed by atoms with Crippen LogP contribution in [0.1, 0.15) is 18.4 Å². The maximum absolute atomic E-state index is 13.6. The number of rotatable bonds is 8. The van der Waals surface area contributed by atoms with Crippen LogP contribution in [0.2, 0.25) is 0 Å². The van der Waals surface area contributed by atoms with Crippen LogP contribution in [-0.4, -0.2) is 51.6 Å². The Kier molecular flexibility index (Phi) is 6.95. The van der Waals surface area contributed by atoms with Crippen LogP contribution >= 0.6 is 0 Å². The number of fused-ring (bicyclic) bond motifs is 1. The summed E-state index contributed by atoms with van der Waals surface area (Å²) in [6.45, 7) is 1.56. The maximum atomic E-state index is 13.6. The van der Waals surface area contributed by atoms with Crippen LogP contribution < -0.4 is 10.6 Å². The molecule has 1 atom stereocenters. The number of nitrogens with zero attached hydrogens (tertiary/aromatic N) is 2. The number of carbonyl (C=O) groups is 1. The Morgan fingerprint density at radius 2 is 1.69 bits per heavy atom. The van der Waals surface area contributed by atoms with E-state index < -0.39 is 0 Å². The van der Waals surface area contributed by atoms with Crippen molar-refractivity contribution in [2.24, 2.45) is 5.92 Å². The minimum Gasteiger partial charge on any atom is -0.396 e. The standard InChI is InChI=1S/C28H31N5O2/c34-19-20-11-15-33(16-12-20)28(35)27(17-21-18-30-26-4-2-1-3-25(21)26)32-23-7-5-22(6-8-23)31-24-9-13-29-14-10-24/h1-10,13-14,18,20,27,30,32,34H,11-12,15-17,19H2,(H,29,31). The van der Waals surface area contributed by atoms with E-state index in [9.17, 15) is 9.90 Å². The van der Waals surface area contributed by atoms with Crippen LogP contribution in [0.5, 0.6) is 0 Å². The lowest BCUT2D eigenvalue weighted by Gasteiger charge is -2.34. The predicted molar refractivity (Wildman–Crippen MR) is 140 cm³/mol. The summed E-state index contributed by atoms with van der Waals surface area (Å²) in [4.78, 5) is 23.0. The zero-order valence-corrected chi connectivity index (χ0v) is 19.7. The van der Waals surface area contributed by atoms with Gasteiger partial charge in [0.15, 0.2) is 0 Å². The second kappa shape index (κ2) is 10.6. The van der Waals surface area contributed by atoms with Gasteiger partial charge >= 0.3 is 0 Å². The second-order valence-electron chi connectivity index (χ2n) is 9.15. The minimum atomic E-state index is -0.390. The van der Waals surface area contributed by atoms with Gasteiger partial charge in [0.1, 0.15) is 6.04 Å². The fourth-order valence-corrected chi connectivity index (χ4v) is 4.73. The van der Waals surface area contributed by atoms with Crippen molar-refractivity contribution in [2.75, 3.05) is 30.3 Å². The quantitative estimate of drug-likeness (QED) is 0.304. The number of hydrogen-bond donors (Lipinski definition) is 4. The third-order valence-corrected chi connectivity index (χ3v) is 6.78. The molecule has 4 aromatic rings. The SMILES string of the molecule is O=C(C(Cc1c[nH]c2ccccc12)Nc1ccc(Nc2ccncc2)cc1)N1CCC(CO)CC1. The van der Waals surface area contributed by atoms with Crippen molar-refractivity contribution in [2.45, 2.75) is 25.3 Å². The number of aliphatic hydroxyl groups is 1. The first-order valence-corrected chi connectivity index (χ1v) is 12.2. The summed E-state index contributed by atoms with van der Waals surface area (Å²) in [5, 5.41) is 17.5. The highest BCUT2D eigenvalue weighted by molar-refractivity contribution is 5.88. The average Bonchev–Trinajstić information content (AvgIpc) is 3.32. The summed E-state index contributed by atoms with van der Waals surface area (Å²) in [7, 11) is 0. The van der Waals surface area contributed by atoms with Gasteiger partial charge in [-0.3, -0.25) is 9.78 Å². The topological polar surface area (TPSA) is 93.3 Å². The molecule has 0 spiro atoms. The molecule has 4 N–H and O–H groups in total. The second-order valence-corrected chi connectivity index (χ2v) is 9.15. The van der Waals surface area contributed by atoms with Crippen LogP contribution in [0, 0.1) is 5.92 Å². The molecule has 2 aromatic heterocycles. The number of aromatic nitrogens is 2. The molecule has 7 nitrogen and oxygen atoms in total. The van der Waals surface area contributed by atoms with Gasteiger partial charge in [0.2, 0.25) is 5.91 Å². The van der Waals surface area contributed by atoms with Gasteiger partial charge in [-0.1, -0.05) is 18.2 Å². The van der Waals surface area contributed by atoms with E-state index in [0.29, 0.717) is 25.4 Å². The van der Waals surface area contributed by atoms with Crippen molar-refractivity contribution in [1.29, 1.82) is 0 Å². The lowest BCUT2D eigenvalue weighted by Crippen LogP contribution is -2.47. The minimum absolute atomic E-state index is 0.102. The Morgan fingerprint density at radius 3 is 2.43 bits per heavy atom. The van der Waals surface area contributed by atoms with Gasteiger partial charge < -0.3 is 25.6 Å². The Bertz CT molecular complexity index is 1250. The number of nitrogens with one attached hydrogen (secondary N) is 3. The molecule has 2 aromatic carbocycles. The molecule has 1 amide bonds. The smallest absolute Gasteiger partial charge is 0.245 e. The molecule has 1 aliphatic rings. The van der Waals surface area contributed by atoms with E-state index in [4.69, 9.17) is 0 Å². The van der Waals surface area contributed by atoms with Crippen LogP contribution in [0.4, 0.5) is 17.1 Å². The highest BCUT2D eigenvalue weighted by atomic mass is 16.3. The number of likely N-dealkylation sites (tertiary alicyclic amines) is 1. The molecule has 0 radical (unpaired) electrons. The van der Waals surface area contributed by atoms with Gasteiger partial charge in [-0.15, -0.1) is 0 Å². The van der Waals surface area contributed by atoms with Crippen LogP contribution in [0.15, 0.2) is 79.3 Å². The number of H-pyrrole nitrogens is 1. The summed E-state index contributed by atoms with van der Waals surface area (Å²) >= 11 is 0. The largest absolute Gasteiger partial charge is 0.396 e. The van der Waals surface area contributed by atoms with Crippen molar-refractivity contribution in [3.05, 3.63) is 84.8 Å².